The first kappa shape index (κ1) is 15.5. The molecule has 1 aliphatic rings. The molecular weight excluding hydrogens is 294 g/mol. The first-order valence-electron chi connectivity index (χ1n) is 6.75. The number of rotatable bonds is 4. The van der Waals surface area contributed by atoms with E-state index in [1.54, 1.807) is 11.8 Å². The van der Waals surface area contributed by atoms with Crippen LogP contribution in [0.4, 0.5) is 10.7 Å². The van der Waals surface area contributed by atoms with Crippen LogP contribution in [0.5, 0.6) is 0 Å². The predicted molar refractivity (Wildman–Crippen MR) is 86.0 cm³/mol. The number of aliphatic hydroxyl groups is 1. The summed E-state index contributed by atoms with van der Waals surface area (Å²) in [6.45, 7) is 4.10. The summed E-state index contributed by atoms with van der Waals surface area (Å²) in [6, 6.07) is 0. The van der Waals surface area contributed by atoms with Crippen LogP contribution in [0.3, 0.4) is 0 Å². The van der Waals surface area contributed by atoms with Crippen LogP contribution in [0.1, 0.15) is 29.4 Å². The van der Waals surface area contributed by atoms with Crippen LogP contribution in [0.2, 0.25) is 0 Å². The Balaban J connectivity index is 2.28. The molecule has 1 saturated heterocycles. The maximum absolute atomic E-state index is 12.0. The summed E-state index contributed by atoms with van der Waals surface area (Å²) in [6.07, 6.45) is 3.30. The molecule has 0 bridgehead atoms. The minimum absolute atomic E-state index is 0.103. The van der Waals surface area contributed by atoms with Crippen molar-refractivity contribution in [3.8, 4) is 0 Å². The van der Waals surface area contributed by atoms with Gasteiger partial charge in [0.15, 0.2) is 0 Å². The van der Waals surface area contributed by atoms with E-state index in [-0.39, 0.29) is 12.0 Å². The van der Waals surface area contributed by atoms with Crippen molar-refractivity contribution in [2.45, 2.75) is 30.8 Å². The first-order chi connectivity index (χ1) is 9.58. The number of thioether (sulfide) groups is 1. The molecule has 112 valence electrons. The number of anilines is 2. The normalized spacial score (nSPS) is 16.4. The monoisotopic (exact) mass is 315 g/mol. The number of nitrogens with zero attached hydrogens (tertiary/aromatic N) is 1. The molecule has 2 rings (SSSR count). The zero-order valence-corrected chi connectivity index (χ0v) is 13.4. The summed E-state index contributed by atoms with van der Waals surface area (Å²) in [5.74, 6) is -0.103. The van der Waals surface area contributed by atoms with Crippen molar-refractivity contribution in [1.29, 1.82) is 0 Å². The lowest BCUT2D eigenvalue weighted by atomic mass is 10.1. The molecule has 0 aliphatic carbocycles. The second kappa shape index (κ2) is 6.69. The van der Waals surface area contributed by atoms with Gasteiger partial charge in [0.1, 0.15) is 9.88 Å². The van der Waals surface area contributed by atoms with E-state index in [9.17, 15) is 9.90 Å². The molecule has 20 heavy (non-hydrogen) atoms. The van der Waals surface area contributed by atoms with Gasteiger partial charge in [0.25, 0.3) is 5.91 Å². The van der Waals surface area contributed by atoms with Crippen molar-refractivity contribution in [2.75, 3.05) is 36.5 Å². The van der Waals surface area contributed by atoms with Crippen molar-refractivity contribution in [3.05, 3.63) is 4.88 Å². The van der Waals surface area contributed by atoms with E-state index >= 15 is 0 Å². The standard InChI is InChI=1S/C13H21N3O2S2/c1-3-15-12(18)10-9(14)11(19-2)13(20-10)16-6-4-8(17)5-7-16/h8,17H,3-7,14H2,1-2H3,(H,15,18). The SMILES string of the molecule is CCNC(=O)c1sc(N2CCC(O)CC2)c(SC)c1N. The Morgan fingerprint density at radius 3 is 2.75 bits per heavy atom. The van der Waals surface area contributed by atoms with Crippen LogP contribution in [0.15, 0.2) is 4.90 Å². The number of aliphatic hydroxyl groups excluding tert-OH is 1. The smallest absolute Gasteiger partial charge is 0.263 e. The van der Waals surface area contributed by atoms with Crippen LogP contribution < -0.4 is 16.0 Å². The van der Waals surface area contributed by atoms with Gasteiger partial charge in [-0.3, -0.25) is 4.79 Å². The molecule has 1 aliphatic heterocycles. The third kappa shape index (κ3) is 3.05. The maximum Gasteiger partial charge on any atom is 0.263 e. The predicted octanol–water partition coefficient (Wildman–Crippen LogP) is 1.76. The number of carbonyl (C=O) groups is 1. The highest BCUT2D eigenvalue weighted by Gasteiger charge is 2.26. The molecule has 5 nitrogen and oxygen atoms in total. The van der Waals surface area contributed by atoms with Gasteiger partial charge in [-0.2, -0.15) is 0 Å². The highest BCUT2D eigenvalue weighted by atomic mass is 32.2. The van der Waals surface area contributed by atoms with E-state index in [0.29, 0.717) is 17.1 Å². The molecule has 1 aromatic rings. The molecule has 4 N–H and O–H groups in total. The molecule has 0 unspecified atom stereocenters. The van der Waals surface area contributed by atoms with E-state index in [4.69, 9.17) is 5.73 Å². The number of nitrogen functional groups attached to an aromatic ring is 1. The second-order valence-corrected chi connectivity index (χ2v) is 6.58. The van der Waals surface area contributed by atoms with Crippen molar-refractivity contribution in [1.82, 2.24) is 5.32 Å². The Morgan fingerprint density at radius 1 is 1.55 bits per heavy atom. The summed E-state index contributed by atoms with van der Waals surface area (Å²) >= 11 is 3.03. The number of nitrogens with two attached hydrogens (primary N) is 1. The minimum Gasteiger partial charge on any atom is -0.396 e. The van der Waals surface area contributed by atoms with Gasteiger partial charge < -0.3 is 21.1 Å². The average Bonchev–Trinajstić information content (AvgIpc) is 2.77. The van der Waals surface area contributed by atoms with E-state index < -0.39 is 0 Å². The van der Waals surface area contributed by atoms with Crippen LogP contribution >= 0.6 is 23.1 Å². The van der Waals surface area contributed by atoms with Crippen molar-refractivity contribution >= 4 is 39.7 Å². The number of piperidine rings is 1. The van der Waals surface area contributed by atoms with Crippen LogP contribution in [0.25, 0.3) is 0 Å². The van der Waals surface area contributed by atoms with Crippen LogP contribution in [0, 0.1) is 0 Å². The zero-order valence-electron chi connectivity index (χ0n) is 11.8. The number of amides is 1. The summed E-state index contributed by atoms with van der Waals surface area (Å²) in [5, 5.41) is 13.5. The third-order valence-corrected chi connectivity index (χ3v) is 5.60. The van der Waals surface area contributed by atoms with Gasteiger partial charge in [-0.15, -0.1) is 23.1 Å². The number of carbonyl (C=O) groups excluding carboxylic acids is 1. The number of thiophene rings is 1. The molecule has 1 aromatic heterocycles. The van der Waals surface area contributed by atoms with Crippen LogP contribution in [-0.4, -0.2) is 43.0 Å². The molecule has 1 fully saturated rings. The second-order valence-electron chi connectivity index (χ2n) is 4.76. The van der Waals surface area contributed by atoms with Gasteiger partial charge in [-0.1, -0.05) is 0 Å². The summed E-state index contributed by atoms with van der Waals surface area (Å²) < 4.78 is 0. The van der Waals surface area contributed by atoms with Crippen molar-refractivity contribution in [2.24, 2.45) is 0 Å². The summed E-state index contributed by atoms with van der Waals surface area (Å²) in [4.78, 5) is 15.8. The van der Waals surface area contributed by atoms with E-state index in [2.05, 4.69) is 10.2 Å². The average molecular weight is 315 g/mol. The maximum atomic E-state index is 12.0. The number of hydrogen-bond acceptors (Lipinski definition) is 6. The fourth-order valence-corrected chi connectivity index (χ4v) is 4.45. The Kier molecular flexibility index (Phi) is 5.17. The van der Waals surface area contributed by atoms with Crippen LogP contribution in [-0.2, 0) is 0 Å². The topological polar surface area (TPSA) is 78.6 Å². The number of nitrogens with one attached hydrogen (secondary N) is 1. The van der Waals surface area contributed by atoms with Gasteiger partial charge in [-0.25, -0.2) is 0 Å². The van der Waals surface area contributed by atoms with Gasteiger partial charge in [-0.05, 0) is 26.0 Å². The van der Waals surface area contributed by atoms with Crippen molar-refractivity contribution < 1.29 is 9.90 Å². The molecule has 1 amide bonds. The largest absolute Gasteiger partial charge is 0.396 e. The lowest BCUT2D eigenvalue weighted by molar-refractivity contribution is 0.0960. The fourth-order valence-electron chi connectivity index (χ4n) is 2.30. The van der Waals surface area contributed by atoms with Gasteiger partial charge in [0.2, 0.25) is 0 Å². The lowest BCUT2D eigenvalue weighted by Gasteiger charge is -2.30. The van der Waals surface area contributed by atoms with E-state index in [1.807, 2.05) is 13.2 Å². The Labute approximate surface area is 127 Å². The molecule has 0 aromatic carbocycles. The van der Waals surface area contributed by atoms with Gasteiger partial charge >= 0.3 is 0 Å². The Bertz CT molecular complexity index is 482. The molecule has 0 spiro atoms. The third-order valence-electron chi connectivity index (χ3n) is 3.38. The highest BCUT2D eigenvalue weighted by molar-refractivity contribution is 7.99. The molecule has 7 heteroatoms. The zero-order chi connectivity index (χ0) is 14.7. The van der Waals surface area contributed by atoms with E-state index in [1.165, 1.54) is 11.3 Å². The number of hydrogen-bond donors (Lipinski definition) is 3. The lowest BCUT2D eigenvalue weighted by Crippen LogP contribution is -2.35. The van der Waals surface area contributed by atoms with Crippen molar-refractivity contribution in [3.63, 3.8) is 0 Å². The summed E-state index contributed by atoms with van der Waals surface area (Å²) in [5.41, 5.74) is 6.71. The molecule has 0 atom stereocenters. The molecular formula is C13H21N3O2S2. The fraction of sp³-hybridized carbons (Fsp3) is 0.615. The molecule has 0 saturated carbocycles. The van der Waals surface area contributed by atoms with E-state index in [0.717, 1.165) is 35.8 Å². The Morgan fingerprint density at radius 2 is 2.20 bits per heavy atom. The van der Waals surface area contributed by atoms with Gasteiger partial charge in [0.05, 0.1) is 16.7 Å². The molecule has 2 heterocycles. The molecule has 0 radical (unpaired) electrons. The quantitative estimate of drug-likeness (QED) is 0.738. The first-order valence-corrected chi connectivity index (χ1v) is 8.80. The summed E-state index contributed by atoms with van der Waals surface area (Å²) in [7, 11) is 0. The van der Waals surface area contributed by atoms with Gasteiger partial charge in [0, 0.05) is 19.6 Å². The highest BCUT2D eigenvalue weighted by Crippen LogP contribution is 2.44. The minimum atomic E-state index is -0.204. The Hall–Kier alpha value is -0.920.